The van der Waals surface area contributed by atoms with Crippen LogP contribution in [0.5, 0.6) is 0 Å². The molecular formula is C58H44N2. The summed E-state index contributed by atoms with van der Waals surface area (Å²) in [6.45, 7) is 4.87. The zero-order valence-corrected chi connectivity index (χ0v) is 33.9. The van der Waals surface area contributed by atoms with Crippen molar-refractivity contribution in [3.63, 3.8) is 0 Å². The molecule has 12 rings (SSSR count). The minimum Gasteiger partial charge on any atom is -0.310 e. The van der Waals surface area contributed by atoms with Crippen molar-refractivity contribution in [2.24, 2.45) is 5.92 Å². The largest absolute Gasteiger partial charge is 0.310 e. The molecule has 3 aliphatic carbocycles. The molecule has 0 N–H and O–H groups in total. The number of para-hydroxylation sites is 3. The Hall–Kier alpha value is -7.16. The molecule has 0 fully saturated rings. The summed E-state index contributed by atoms with van der Waals surface area (Å²) < 4.78 is 0. The SMILES string of the molecule is CC1(C)c2cc(N(c3ccc(-c4ccccc4)cc3)c3ccc4c(c3)C3(c5ccccc5-4)c4ccccc4N(c4ccccc4)c4ccccc43)ccc2C2=CC=CCC21. The normalized spacial score (nSPS) is 16.9. The van der Waals surface area contributed by atoms with E-state index in [0.717, 1.165) is 23.5 Å². The lowest BCUT2D eigenvalue weighted by Crippen LogP contribution is -2.36. The summed E-state index contributed by atoms with van der Waals surface area (Å²) >= 11 is 0. The molecule has 2 heteroatoms. The van der Waals surface area contributed by atoms with Gasteiger partial charge in [0.25, 0.3) is 0 Å². The molecule has 8 aromatic rings. The maximum Gasteiger partial charge on any atom is 0.0755 e. The Balaban J connectivity index is 1.10. The highest BCUT2D eigenvalue weighted by Crippen LogP contribution is 2.64. The lowest BCUT2D eigenvalue weighted by molar-refractivity contribution is 0.415. The molecule has 1 unspecified atom stereocenters. The average Bonchev–Trinajstić information content (AvgIpc) is 3.72. The van der Waals surface area contributed by atoms with E-state index >= 15 is 0 Å². The highest BCUT2D eigenvalue weighted by atomic mass is 15.2. The van der Waals surface area contributed by atoms with Crippen LogP contribution in [0.3, 0.4) is 0 Å². The van der Waals surface area contributed by atoms with Gasteiger partial charge < -0.3 is 9.80 Å². The third kappa shape index (κ3) is 4.88. The van der Waals surface area contributed by atoms with Gasteiger partial charge in [0.1, 0.15) is 0 Å². The third-order valence-corrected chi connectivity index (χ3v) is 13.9. The Bertz CT molecular complexity index is 3000. The van der Waals surface area contributed by atoms with E-state index in [0.29, 0.717) is 5.92 Å². The van der Waals surface area contributed by atoms with Gasteiger partial charge in [-0.2, -0.15) is 0 Å². The number of hydrogen-bond acceptors (Lipinski definition) is 2. The first-order valence-corrected chi connectivity index (χ1v) is 21.3. The molecule has 0 aromatic heterocycles. The Morgan fingerprint density at radius 2 is 1.00 bits per heavy atom. The fourth-order valence-electron chi connectivity index (χ4n) is 11.2. The van der Waals surface area contributed by atoms with E-state index in [1.165, 1.54) is 78.3 Å². The van der Waals surface area contributed by atoms with Crippen LogP contribution in [0.25, 0.3) is 27.8 Å². The van der Waals surface area contributed by atoms with Gasteiger partial charge in [0.05, 0.1) is 16.8 Å². The lowest BCUT2D eigenvalue weighted by atomic mass is 9.64. The number of allylic oxidation sites excluding steroid dienone is 4. The summed E-state index contributed by atoms with van der Waals surface area (Å²) in [5, 5.41) is 0. The van der Waals surface area contributed by atoms with Gasteiger partial charge >= 0.3 is 0 Å². The number of hydrogen-bond donors (Lipinski definition) is 0. The molecule has 4 aliphatic rings. The smallest absolute Gasteiger partial charge is 0.0755 e. The summed E-state index contributed by atoms with van der Waals surface area (Å²) in [6.07, 6.45) is 8.00. The summed E-state index contributed by atoms with van der Waals surface area (Å²) in [4.78, 5) is 4.95. The monoisotopic (exact) mass is 768 g/mol. The van der Waals surface area contributed by atoms with Crippen molar-refractivity contribution in [3.8, 4) is 22.3 Å². The standard InChI is InChI=1S/C58H44N2/c1-57(2)49-23-11-9-21-45(49)47-35-33-43(37-53(47)57)59(42-31-29-40(30-32-42)39-17-5-3-6-18-39)44-34-36-48-46-22-10-12-24-50(46)58(54(48)38-44)51-25-13-15-27-55(51)60(41-19-7-4-8-20-41)56-28-16-14-26-52(56)58/h3-22,24-38,49H,23H2,1-2H3. The summed E-state index contributed by atoms with van der Waals surface area (Å²) in [5.41, 5.74) is 21.0. The molecule has 1 heterocycles. The lowest BCUT2D eigenvalue weighted by Gasteiger charge is -2.45. The van der Waals surface area contributed by atoms with Gasteiger partial charge in [-0.1, -0.05) is 166 Å². The second kappa shape index (κ2) is 13.2. The quantitative estimate of drug-likeness (QED) is 0.172. The van der Waals surface area contributed by atoms with E-state index in [4.69, 9.17) is 0 Å². The second-order valence-electron chi connectivity index (χ2n) is 17.3. The number of nitrogens with zero attached hydrogens (tertiary/aromatic N) is 2. The van der Waals surface area contributed by atoms with Gasteiger partial charge in [-0.15, -0.1) is 0 Å². The molecule has 1 aliphatic heterocycles. The Morgan fingerprint density at radius 1 is 0.467 bits per heavy atom. The van der Waals surface area contributed by atoms with E-state index in [1.54, 1.807) is 0 Å². The van der Waals surface area contributed by atoms with E-state index in [2.05, 4.69) is 236 Å². The van der Waals surface area contributed by atoms with Gasteiger partial charge in [0, 0.05) is 22.7 Å². The van der Waals surface area contributed by atoms with Crippen LogP contribution in [-0.2, 0) is 10.8 Å². The molecule has 0 radical (unpaired) electrons. The van der Waals surface area contributed by atoms with Crippen LogP contribution >= 0.6 is 0 Å². The van der Waals surface area contributed by atoms with Gasteiger partial charge in [-0.25, -0.2) is 0 Å². The first-order valence-electron chi connectivity index (χ1n) is 21.3. The van der Waals surface area contributed by atoms with E-state index < -0.39 is 5.41 Å². The fourth-order valence-corrected chi connectivity index (χ4v) is 11.2. The van der Waals surface area contributed by atoms with Gasteiger partial charge in [0.15, 0.2) is 0 Å². The predicted molar refractivity (Wildman–Crippen MR) is 250 cm³/mol. The maximum atomic E-state index is 2.51. The van der Waals surface area contributed by atoms with Crippen molar-refractivity contribution in [1.82, 2.24) is 0 Å². The Morgan fingerprint density at radius 3 is 1.70 bits per heavy atom. The van der Waals surface area contributed by atoms with Crippen LogP contribution in [0.15, 0.2) is 212 Å². The van der Waals surface area contributed by atoms with Gasteiger partial charge in [0.2, 0.25) is 0 Å². The van der Waals surface area contributed by atoms with Crippen LogP contribution in [0.2, 0.25) is 0 Å². The zero-order valence-electron chi connectivity index (χ0n) is 33.9. The predicted octanol–water partition coefficient (Wildman–Crippen LogP) is 15.2. The van der Waals surface area contributed by atoms with Crippen molar-refractivity contribution in [2.75, 3.05) is 9.80 Å². The third-order valence-electron chi connectivity index (χ3n) is 13.9. The summed E-state index contributed by atoms with van der Waals surface area (Å²) in [6, 6.07) is 72.4. The molecule has 8 aromatic carbocycles. The van der Waals surface area contributed by atoms with Crippen molar-refractivity contribution in [1.29, 1.82) is 0 Å². The molecule has 0 amide bonds. The van der Waals surface area contributed by atoms with Crippen LogP contribution in [-0.4, -0.2) is 0 Å². The number of anilines is 6. The maximum absolute atomic E-state index is 2.51. The molecular weight excluding hydrogens is 725 g/mol. The molecule has 286 valence electrons. The molecule has 0 saturated carbocycles. The van der Waals surface area contributed by atoms with Crippen molar-refractivity contribution < 1.29 is 0 Å². The van der Waals surface area contributed by atoms with Crippen LogP contribution in [0.4, 0.5) is 34.1 Å². The minimum atomic E-state index is -0.543. The highest BCUT2D eigenvalue weighted by molar-refractivity contribution is 5.97. The molecule has 0 bridgehead atoms. The van der Waals surface area contributed by atoms with Gasteiger partial charge in [-0.3, -0.25) is 0 Å². The Kier molecular flexibility index (Phi) is 7.65. The van der Waals surface area contributed by atoms with Crippen molar-refractivity contribution >= 4 is 39.7 Å². The van der Waals surface area contributed by atoms with Crippen LogP contribution < -0.4 is 9.80 Å². The fraction of sp³-hybridized carbons (Fsp3) is 0.103. The Labute approximate surface area is 353 Å². The summed E-state index contributed by atoms with van der Waals surface area (Å²) in [5.74, 6) is 0.478. The van der Waals surface area contributed by atoms with E-state index in [1.807, 2.05) is 0 Å². The average molecular weight is 769 g/mol. The van der Waals surface area contributed by atoms with Crippen molar-refractivity contribution in [3.05, 3.63) is 246 Å². The number of fused-ring (bicyclic) bond motifs is 12. The van der Waals surface area contributed by atoms with E-state index in [-0.39, 0.29) is 5.41 Å². The molecule has 1 spiro atoms. The molecule has 1 atom stereocenters. The highest BCUT2D eigenvalue weighted by Gasteiger charge is 2.52. The number of rotatable bonds is 5. The van der Waals surface area contributed by atoms with Crippen LogP contribution in [0.1, 0.15) is 53.6 Å². The molecule has 0 saturated heterocycles. The molecule has 2 nitrogen and oxygen atoms in total. The topological polar surface area (TPSA) is 6.48 Å². The zero-order chi connectivity index (χ0) is 40.0. The second-order valence-corrected chi connectivity index (χ2v) is 17.3. The first-order chi connectivity index (χ1) is 29.5. The minimum absolute atomic E-state index is 0.00849. The van der Waals surface area contributed by atoms with Crippen molar-refractivity contribution in [2.45, 2.75) is 31.1 Å². The first kappa shape index (κ1) is 34.8. The summed E-state index contributed by atoms with van der Waals surface area (Å²) in [7, 11) is 0. The van der Waals surface area contributed by atoms with Gasteiger partial charge in [-0.05, 0) is 140 Å². The van der Waals surface area contributed by atoms with Crippen LogP contribution in [0, 0.1) is 5.92 Å². The molecule has 60 heavy (non-hydrogen) atoms. The number of benzene rings is 8. The van der Waals surface area contributed by atoms with E-state index in [9.17, 15) is 0 Å².